The molecule has 0 radical (unpaired) electrons. The molecule has 1 rings (SSSR count). The molecule has 0 aliphatic heterocycles. The Hall–Kier alpha value is -1.55. The Bertz CT molecular complexity index is 366. The average Bonchev–Trinajstić information content (AvgIpc) is 2.24. The molecule has 1 aromatic rings. The molecule has 4 nitrogen and oxygen atoms in total. The zero-order valence-corrected chi connectivity index (χ0v) is 10.6. The minimum Gasteiger partial charge on any atom is -0.383 e. The van der Waals surface area contributed by atoms with Crippen molar-refractivity contribution in [2.45, 2.75) is 26.4 Å². The fraction of sp³-hybridized carbons (Fsp3) is 0.462. The minimum atomic E-state index is -0.410. The van der Waals surface area contributed by atoms with E-state index in [0.717, 1.165) is 12.2 Å². The highest BCUT2D eigenvalue weighted by molar-refractivity contribution is 5.93. The molecule has 0 bridgehead atoms. The number of ether oxygens (including phenoxy) is 1. The fourth-order valence-corrected chi connectivity index (χ4v) is 1.30. The SMILES string of the molecule is CC(C)(C)OCCNc1ccc(C(N)=O)cc1. The molecule has 94 valence electrons. The number of carbonyl (C=O) groups is 1. The summed E-state index contributed by atoms with van der Waals surface area (Å²) in [6.07, 6.45) is 0. The average molecular weight is 236 g/mol. The fourth-order valence-electron chi connectivity index (χ4n) is 1.30. The van der Waals surface area contributed by atoms with Gasteiger partial charge in [-0.2, -0.15) is 0 Å². The molecule has 17 heavy (non-hydrogen) atoms. The van der Waals surface area contributed by atoms with E-state index in [9.17, 15) is 4.79 Å². The summed E-state index contributed by atoms with van der Waals surface area (Å²) >= 11 is 0. The maximum Gasteiger partial charge on any atom is 0.248 e. The molecule has 0 saturated carbocycles. The van der Waals surface area contributed by atoms with Gasteiger partial charge in [0.2, 0.25) is 5.91 Å². The van der Waals surface area contributed by atoms with Crippen LogP contribution in [0, 0.1) is 0 Å². The predicted molar refractivity (Wildman–Crippen MR) is 69.2 cm³/mol. The molecule has 0 atom stereocenters. The van der Waals surface area contributed by atoms with Crippen LogP contribution in [-0.4, -0.2) is 24.7 Å². The van der Waals surface area contributed by atoms with Crippen LogP contribution in [0.25, 0.3) is 0 Å². The lowest BCUT2D eigenvalue weighted by Gasteiger charge is -2.19. The van der Waals surface area contributed by atoms with Crippen LogP contribution in [0.1, 0.15) is 31.1 Å². The standard InChI is InChI=1S/C13H20N2O2/c1-13(2,3)17-9-8-15-11-6-4-10(5-7-11)12(14)16/h4-7,15H,8-9H2,1-3H3,(H2,14,16). The van der Waals surface area contributed by atoms with Crippen LogP contribution in [0.3, 0.4) is 0 Å². The van der Waals surface area contributed by atoms with Gasteiger partial charge in [-0.05, 0) is 45.0 Å². The van der Waals surface area contributed by atoms with Gasteiger partial charge in [-0.15, -0.1) is 0 Å². The molecule has 0 saturated heterocycles. The molecular formula is C13H20N2O2. The van der Waals surface area contributed by atoms with Crippen molar-refractivity contribution in [3.63, 3.8) is 0 Å². The van der Waals surface area contributed by atoms with Crippen LogP contribution >= 0.6 is 0 Å². The summed E-state index contributed by atoms with van der Waals surface area (Å²) in [4.78, 5) is 10.9. The van der Waals surface area contributed by atoms with Gasteiger partial charge in [0.25, 0.3) is 0 Å². The number of benzene rings is 1. The van der Waals surface area contributed by atoms with Crippen LogP contribution in [0.2, 0.25) is 0 Å². The van der Waals surface area contributed by atoms with E-state index in [1.807, 2.05) is 32.9 Å². The molecule has 0 aliphatic carbocycles. The molecule has 0 unspecified atom stereocenters. The molecule has 0 fully saturated rings. The Morgan fingerprint density at radius 2 is 1.88 bits per heavy atom. The number of carbonyl (C=O) groups excluding carboxylic acids is 1. The highest BCUT2D eigenvalue weighted by Crippen LogP contribution is 2.09. The summed E-state index contributed by atoms with van der Waals surface area (Å²) in [7, 11) is 0. The van der Waals surface area contributed by atoms with Gasteiger partial charge in [-0.1, -0.05) is 0 Å². The van der Waals surface area contributed by atoms with Crippen LogP contribution in [0.15, 0.2) is 24.3 Å². The number of amides is 1. The second-order valence-electron chi connectivity index (χ2n) is 4.83. The third kappa shape index (κ3) is 5.36. The summed E-state index contributed by atoms with van der Waals surface area (Å²) in [5.41, 5.74) is 6.51. The number of anilines is 1. The number of hydrogen-bond acceptors (Lipinski definition) is 3. The Kier molecular flexibility index (Phi) is 4.52. The van der Waals surface area contributed by atoms with Crippen molar-refractivity contribution < 1.29 is 9.53 Å². The van der Waals surface area contributed by atoms with E-state index in [0.29, 0.717) is 12.2 Å². The Labute approximate surface area is 102 Å². The van der Waals surface area contributed by atoms with Crippen molar-refractivity contribution in [3.05, 3.63) is 29.8 Å². The molecule has 0 aliphatic rings. The molecule has 0 spiro atoms. The van der Waals surface area contributed by atoms with Crippen molar-refractivity contribution in [3.8, 4) is 0 Å². The highest BCUT2D eigenvalue weighted by atomic mass is 16.5. The monoisotopic (exact) mass is 236 g/mol. The van der Waals surface area contributed by atoms with Crippen LogP contribution in [-0.2, 0) is 4.74 Å². The van der Waals surface area contributed by atoms with Gasteiger partial charge >= 0.3 is 0 Å². The summed E-state index contributed by atoms with van der Waals surface area (Å²) in [6, 6.07) is 7.07. The van der Waals surface area contributed by atoms with Crippen molar-refractivity contribution in [2.75, 3.05) is 18.5 Å². The largest absolute Gasteiger partial charge is 0.383 e. The van der Waals surface area contributed by atoms with Crippen LogP contribution < -0.4 is 11.1 Å². The van der Waals surface area contributed by atoms with Crippen LogP contribution in [0.4, 0.5) is 5.69 Å². The summed E-state index contributed by atoms with van der Waals surface area (Å²) in [6.45, 7) is 7.44. The number of hydrogen-bond donors (Lipinski definition) is 2. The summed E-state index contributed by atoms with van der Waals surface area (Å²) < 4.78 is 5.58. The molecular weight excluding hydrogens is 216 g/mol. The molecule has 3 N–H and O–H groups in total. The quantitative estimate of drug-likeness (QED) is 0.769. The van der Waals surface area contributed by atoms with Gasteiger partial charge in [0.1, 0.15) is 0 Å². The van der Waals surface area contributed by atoms with Crippen molar-refractivity contribution in [2.24, 2.45) is 5.73 Å². The maximum absolute atomic E-state index is 10.9. The van der Waals surface area contributed by atoms with E-state index in [4.69, 9.17) is 10.5 Å². The predicted octanol–water partition coefficient (Wildman–Crippen LogP) is 2.01. The zero-order valence-electron chi connectivity index (χ0n) is 10.6. The summed E-state index contributed by atoms with van der Waals surface area (Å²) in [5, 5.41) is 3.21. The molecule has 0 aromatic heterocycles. The van der Waals surface area contributed by atoms with E-state index in [1.165, 1.54) is 0 Å². The van der Waals surface area contributed by atoms with Gasteiger partial charge in [-0.25, -0.2) is 0 Å². The molecule has 1 aromatic carbocycles. The maximum atomic E-state index is 10.9. The lowest BCUT2D eigenvalue weighted by molar-refractivity contribution is 0.00333. The second kappa shape index (κ2) is 5.68. The van der Waals surface area contributed by atoms with Gasteiger partial charge in [0.15, 0.2) is 0 Å². The number of nitrogens with two attached hydrogens (primary N) is 1. The normalized spacial score (nSPS) is 11.2. The lowest BCUT2D eigenvalue weighted by Crippen LogP contribution is -2.23. The molecule has 0 heterocycles. The second-order valence-corrected chi connectivity index (χ2v) is 4.83. The van der Waals surface area contributed by atoms with E-state index in [1.54, 1.807) is 12.1 Å². The third-order valence-electron chi connectivity index (χ3n) is 2.14. The van der Waals surface area contributed by atoms with Crippen molar-refractivity contribution >= 4 is 11.6 Å². The lowest BCUT2D eigenvalue weighted by atomic mass is 10.2. The minimum absolute atomic E-state index is 0.114. The van der Waals surface area contributed by atoms with Gasteiger partial charge in [0.05, 0.1) is 12.2 Å². The Morgan fingerprint density at radius 3 is 2.35 bits per heavy atom. The first-order chi connectivity index (χ1) is 7.88. The highest BCUT2D eigenvalue weighted by Gasteiger charge is 2.08. The van der Waals surface area contributed by atoms with Crippen LogP contribution in [0.5, 0.6) is 0 Å². The Balaban J connectivity index is 2.35. The van der Waals surface area contributed by atoms with E-state index < -0.39 is 5.91 Å². The molecule has 1 amide bonds. The molecule has 4 heteroatoms. The number of primary amides is 1. The first kappa shape index (κ1) is 13.5. The first-order valence-corrected chi connectivity index (χ1v) is 5.66. The van der Waals surface area contributed by atoms with E-state index >= 15 is 0 Å². The van der Waals surface area contributed by atoms with E-state index in [2.05, 4.69) is 5.32 Å². The Morgan fingerprint density at radius 1 is 1.29 bits per heavy atom. The van der Waals surface area contributed by atoms with Gasteiger partial charge < -0.3 is 15.8 Å². The zero-order chi connectivity index (χ0) is 12.9. The number of rotatable bonds is 5. The number of nitrogens with one attached hydrogen (secondary N) is 1. The van der Waals surface area contributed by atoms with Gasteiger partial charge in [0, 0.05) is 17.8 Å². The first-order valence-electron chi connectivity index (χ1n) is 5.66. The van der Waals surface area contributed by atoms with Gasteiger partial charge in [-0.3, -0.25) is 4.79 Å². The van der Waals surface area contributed by atoms with Crippen molar-refractivity contribution in [1.29, 1.82) is 0 Å². The third-order valence-corrected chi connectivity index (χ3v) is 2.14. The smallest absolute Gasteiger partial charge is 0.248 e. The van der Waals surface area contributed by atoms with Crippen molar-refractivity contribution in [1.82, 2.24) is 0 Å². The topological polar surface area (TPSA) is 64.3 Å². The summed E-state index contributed by atoms with van der Waals surface area (Å²) in [5.74, 6) is -0.410. The van der Waals surface area contributed by atoms with E-state index in [-0.39, 0.29) is 5.60 Å².